The zero-order chi connectivity index (χ0) is 22.7. The summed E-state index contributed by atoms with van der Waals surface area (Å²) < 4.78 is 16.2. The molecule has 0 unspecified atom stereocenters. The van der Waals surface area contributed by atoms with Gasteiger partial charge in [-0.2, -0.15) is 0 Å². The van der Waals surface area contributed by atoms with Gasteiger partial charge in [0.2, 0.25) is 5.91 Å². The Labute approximate surface area is 182 Å². The summed E-state index contributed by atoms with van der Waals surface area (Å²) in [5.41, 5.74) is 6.58. The fourth-order valence-corrected chi connectivity index (χ4v) is 3.20. The van der Waals surface area contributed by atoms with E-state index < -0.39 is 23.3 Å². The van der Waals surface area contributed by atoms with Crippen LogP contribution in [0.25, 0.3) is 0 Å². The summed E-state index contributed by atoms with van der Waals surface area (Å²) in [4.78, 5) is 34.4. The van der Waals surface area contributed by atoms with Gasteiger partial charge in [0.05, 0.1) is 0 Å². The molecule has 2 aromatic carbocycles. The summed E-state index contributed by atoms with van der Waals surface area (Å²) in [5.74, 6) is -0.790. The highest BCUT2D eigenvalue weighted by atomic mass is 16.5. The maximum Gasteiger partial charge on any atom is 0.302 e. The quantitative estimate of drug-likeness (QED) is 0.522. The fourth-order valence-electron chi connectivity index (χ4n) is 3.20. The monoisotopic (exact) mass is 427 g/mol. The number of ether oxygens (including phenoxy) is 3. The van der Waals surface area contributed by atoms with Gasteiger partial charge in [-0.1, -0.05) is 42.5 Å². The number of esters is 2. The fraction of sp³-hybridized carbons (Fsp3) is 0.375. The number of carbonyl (C=O) groups excluding carboxylic acids is 3. The second kappa shape index (κ2) is 11.7. The van der Waals surface area contributed by atoms with Gasteiger partial charge in [-0.25, -0.2) is 0 Å². The number of aryl methyl sites for hydroxylation is 1. The molecule has 0 heterocycles. The Morgan fingerprint density at radius 2 is 1.48 bits per heavy atom. The number of hydrogen-bond donors (Lipinski definition) is 1. The Morgan fingerprint density at radius 1 is 0.871 bits per heavy atom. The third-order valence-electron chi connectivity index (χ3n) is 4.80. The zero-order valence-electron chi connectivity index (χ0n) is 18.0. The minimum absolute atomic E-state index is 0.0667. The first-order valence-corrected chi connectivity index (χ1v) is 10.1. The van der Waals surface area contributed by atoms with Gasteiger partial charge in [0, 0.05) is 25.7 Å². The first-order chi connectivity index (χ1) is 14.8. The van der Waals surface area contributed by atoms with Crippen molar-refractivity contribution in [2.24, 2.45) is 11.1 Å². The SMILES string of the molecule is CC(=O)OCC(CCc1cccc(OCc2ccccc2)c1)(COC(C)=O)CC(N)=O. The second-order valence-corrected chi connectivity index (χ2v) is 7.63. The van der Waals surface area contributed by atoms with Crippen LogP contribution in [0.15, 0.2) is 54.6 Å². The minimum Gasteiger partial charge on any atom is -0.489 e. The van der Waals surface area contributed by atoms with Crippen molar-refractivity contribution >= 4 is 17.8 Å². The van der Waals surface area contributed by atoms with Crippen LogP contribution < -0.4 is 10.5 Å². The van der Waals surface area contributed by atoms with E-state index in [4.69, 9.17) is 19.9 Å². The van der Waals surface area contributed by atoms with Crippen LogP contribution >= 0.6 is 0 Å². The molecular formula is C24H29NO6. The molecule has 2 rings (SSSR count). The Morgan fingerprint density at radius 3 is 2.06 bits per heavy atom. The van der Waals surface area contributed by atoms with Crippen molar-refractivity contribution in [2.75, 3.05) is 13.2 Å². The Hall–Kier alpha value is -3.35. The third-order valence-corrected chi connectivity index (χ3v) is 4.80. The van der Waals surface area contributed by atoms with Gasteiger partial charge < -0.3 is 19.9 Å². The lowest BCUT2D eigenvalue weighted by molar-refractivity contribution is -0.154. The number of nitrogens with two attached hydrogens (primary N) is 1. The molecule has 0 saturated heterocycles. The molecule has 0 atom stereocenters. The molecule has 0 aliphatic carbocycles. The summed E-state index contributed by atoms with van der Waals surface area (Å²) in [6.07, 6.45) is 0.911. The van der Waals surface area contributed by atoms with E-state index in [1.807, 2.05) is 54.6 Å². The smallest absolute Gasteiger partial charge is 0.302 e. The van der Waals surface area contributed by atoms with Crippen LogP contribution in [0.4, 0.5) is 0 Å². The molecule has 31 heavy (non-hydrogen) atoms. The van der Waals surface area contributed by atoms with E-state index in [2.05, 4.69) is 0 Å². The molecule has 1 amide bonds. The average Bonchev–Trinajstić information content (AvgIpc) is 2.74. The van der Waals surface area contributed by atoms with Crippen LogP contribution in [0, 0.1) is 5.41 Å². The number of primary amides is 1. The van der Waals surface area contributed by atoms with Crippen molar-refractivity contribution in [3.63, 3.8) is 0 Å². The summed E-state index contributed by atoms with van der Waals surface area (Å²) >= 11 is 0. The van der Waals surface area contributed by atoms with E-state index in [9.17, 15) is 14.4 Å². The molecule has 2 N–H and O–H groups in total. The topological polar surface area (TPSA) is 105 Å². The van der Waals surface area contributed by atoms with Crippen LogP contribution in [0.3, 0.4) is 0 Å². The lowest BCUT2D eigenvalue weighted by atomic mass is 9.80. The van der Waals surface area contributed by atoms with Crippen molar-refractivity contribution in [1.82, 2.24) is 0 Å². The Balaban J connectivity index is 2.09. The predicted molar refractivity (Wildman–Crippen MR) is 115 cm³/mol. The van der Waals surface area contributed by atoms with E-state index in [0.29, 0.717) is 19.4 Å². The molecule has 0 saturated carbocycles. The summed E-state index contributed by atoms with van der Waals surface area (Å²) in [6.45, 7) is 2.89. The number of benzene rings is 2. The van der Waals surface area contributed by atoms with Crippen LogP contribution in [0.1, 0.15) is 37.8 Å². The van der Waals surface area contributed by atoms with E-state index >= 15 is 0 Å². The second-order valence-electron chi connectivity index (χ2n) is 7.63. The molecule has 0 aromatic heterocycles. The van der Waals surface area contributed by atoms with Gasteiger partial charge in [-0.15, -0.1) is 0 Å². The number of carbonyl (C=O) groups is 3. The Bertz CT molecular complexity index is 863. The predicted octanol–water partition coefficient (Wildman–Crippen LogP) is 3.19. The van der Waals surface area contributed by atoms with E-state index in [0.717, 1.165) is 16.9 Å². The molecule has 0 radical (unpaired) electrons. The summed E-state index contributed by atoms with van der Waals surface area (Å²) in [5, 5.41) is 0. The van der Waals surface area contributed by atoms with Gasteiger partial charge in [-0.05, 0) is 36.1 Å². The lowest BCUT2D eigenvalue weighted by Crippen LogP contribution is -2.38. The molecule has 0 spiro atoms. The lowest BCUT2D eigenvalue weighted by Gasteiger charge is -2.31. The highest BCUT2D eigenvalue weighted by molar-refractivity contribution is 5.75. The van der Waals surface area contributed by atoms with E-state index in [1.54, 1.807) is 0 Å². The number of rotatable bonds is 12. The maximum absolute atomic E-state index is 11.7. The first kappa shape index (κ1) is 23.9. The maximum atomic E-state index is 11.7. The van der Waals surface area contributed by atoms with Crippen molar-refractivity contribution in [3.05, 3.63) is 65.7 Å². The van der Waals surface area contributed by atoms with Crippen LogP contribution in [-0.2, 0) is 36.9 Å². The molecule has 166 valence electrons. The molecule has 0 bridgehead atoms. The van der Waals surface area contributed by atoms with Gasteiger partial charge in [0.15, 0.2) is 0 Å². The molecular weight excluding hydrogens is 398 g/mol. The molecule has 0 aliphatic rings. The van der Waals surface area contributed by atoms with Gasteiger partial charge in [-0.3, -0.25) is 14.4 Å². The largest absolute Gasteiger partial charge is 0.489 e. The van der Waals surface area contributed by atoms with Gasteiger partial charge in [0.25, 0.3) is 0 Å². The van der Waals surface area contributed by atoms with Crippen LogP contribution in [0.2, 0.25) is 0 Å². The molecule has 7 heteroatoms. The van der Waals surface area contributed by atoms with Crippen molar-refractivity contribution < 1.29 is 28.6 Å². The summed E-state index contributed by atoms with van der Waals surface area (Å²) in [7, 11) is 0. The summed E-state index contributed by atoms with van der Waals surface area (Å²) in [6, 6.07) is 17.5. The van der Waals surface area contributed by atoms with E-state index in [-0.39, 0.29) is 19.6 Å². The van der Waals surface area contributed by atoms with Crippen LogP contribution in [-0.4, -0.2) is 31.1 Å². The van der Waals surface area contributed by atoms with Crippen molar-refractivity contribution in [1.29, 1.82) is 0 Å². The average molecular weight is 427 g/mol. The van der Waals surface area contributed by atoms with Crippen LogP contribution in [0.5, 0.6) is 5.75 Å². The normalized spacial score (nSPS) is 10.9. The molecule has 0 aliphatic heterocycles. The minimum atomic E-state index is -0.899. The van der Waals surface area contributed by atoms with Gasteiger partial charge in [0.1, 0.15) is 25.6 Å². The number of amides is 1. The highest BCUT2D eigenvalue weighted by Gasteiger charge is 2.35. The molecule has 7 nitrogen and oxygen atoms in total. The van der Waals surface area contributed by atoms with Crippen molar-refractivity contribution in [2.45, 2.75) is 39.7 Å². The third kappa shape index (κ3) is 8.90. The Kier molecular flexibility index (Phi) is 9.06. The zero-order valence-corrected chi connectivity index (χ0v) is 18.0. The highest BCUT2D eigenvalue weighted by Crippen LogP contribution is 2.31. The standard InChI is InChI=1S/C24H29NO6/c1-18(26)30-16-24(14-23(25)28,17-31-19(2)27)12-11-20-9-6-10-22(13-20)29-15-21-7-4-3-5-8-21/h3-10,13H,11-12,14-17H2,1-2H3,(H2,25,28). The van der Waals surface area contributed by atoms with Crippen molar-refractivity contribution in [3.8, 4) is 5.75 Å². The van der Waals surface area contributed by atoms with E-state index in [1.165, 1.54) is 13.8 Å². The number of hydrogen-bond acceptors (Lipinski definition) is 6. The van der Waals surface area contributed by atoms with Gasteiger partial charge >= 0.3 is 11.9 Å². The molecule has 0 fully saturated rings. The first-order valence-electron chi connectivity index (χ1n) is 10.1. The molecule has 2 aromatic rings.